The van der Waals surface area contributed by atoms with E-state index in [1.54, 1.807) is 24.3 Å². The summed E-state index contributed by atoms with van der Waals surface area (Å²) in [6, 6.07) is 22.8. The molecule has 168 valence electrons. The number of thioether (sulfide) groups is 1. The van der Waals surface area contributed by atoms with Crippen molar-refractivity contribution in [1.82, 2.24) is 14.8 Å². The minimum Gasteiger partial charge on any atom is -0.486 e. The molecule has 0 aliphatic rings. The van der Waals surface area contributed by atoms with Crippen molar-refractivity contribution >= 4 is 35.0 Å². The van der Waals surface area contributed by atoms with E-state index in [-0.39, 0.29) is 18.3 Å². The Labute approximate surface area is 202 Å². The largest absolute Gasteiger partial charge is 0.486 e. The van der Waals surface area contributed by atoms with Crippen LogP contribution in [0.3, 0.4) is 0 Å². The molecule has 0 saturated heterocycles. The number of hydrogen-bond donors (Lipinski definition) is 1. The highest BCUT2D eigenvalue weighted by molar-refractivity contribution is 7.99. The normalized spacial score (nSPS) is 10.8. The first-order chi connectivity index (χ1) is 16.0. The van der Waals surface area contributed by atoms with Crippen molar-refractivity contribution in [3.63, 3.8) is 0 Å². The summed E-state index contributed by atoms with van der Waals surface area (Å²) in [5.41, 5.74) is 3.91. The van der Waals surface area contributed by atoms with Crippen LogP contribution >= 0.6 is 23.4 Å². The molecule has 1 aromatic heterocycles. The summed E-state index contributed by atoms with van der Waals surface area (Å²) >= 11 is 7.28. The number of rotatable bonds is 8. The monoisotopic (exact) mass is 478 g/mol. The Bertz CT molecular complexity index is 1240. The predicted octanol–water partition coefficient (Wildman–Crippen LogP) is 5.85. The van der Waals surface area contributed by atoms with E-state index >= 15 is 0 Å². The number of hydrogen-bond acceptors (Lipinski definition) is 5. The molecular weight excluding hydrogens is 456 g/mol. The molecule has 0 unspecified atom stereocenters. The Morgan fingerprint density at radius 1 is 1.00 bits per heavy atom. The number of aromatic nitrogens is 3. The molecule has 0 spiro atoms. The molecule has 0 atom stereocenters. The van der Waals surface area contributed by atoms with Crippen LogP contribution in [0.2, 0.25) is 5.02 Å². The topological polar surface area (TPSA) is 69.0 Å². The van der Waals surface area contributed by atoms with Gasteiger partial charge in [0.05, 0.1) is 5.75 Å². The third kappa shape index (κ3) is 5.74. The van der Waals surface area contributed by atoms with Crippen molar-refractivity contribution < 1.29 is 9.53 Å². The predicted molar refractivity (Wildman–Crippen MR) is 132 cm³/mol. The van der Waals surface area contributed by atoms with Gasteiger partial charge in [-0.3, -0.25) is 9.36 Å². The first-order valence-corrected chi connectivity index (χ1v) is 11.7. The van der Waals surface area contributed by atoms with Gasteiger partial charge in [-0.2, -0.15) is 0 Å². The van der Waals surface area contributed by atoms with E-state index < -0.39 is 0 Å². The zero-order valence-electron chi connectivity index (χ0n) is 18.3. The SMILES string of the molecule is Cc1cccc(NC(=O)CSc2nnc(COc3ccc(Cl)cc3)n2-c2ccccc2)c1C. The zero-order chi connectivity index (χ0) is 23.2. The van der Waals surface area contributed by atoms with Crippen molar-refractivity contribution in [2.24, 2.45) is 0 Å². The van der Waals surface area contributed by atoms with Gasteiger partial charge in [0.1, 0.15) is 12.4 Å². The highest BCUT2D eigenvalue weighted by Gasteiger charge is 2.17. The molecule has 1 heterocycles. The van der Waals surface area contributed by atoms with Crippen LogP contribution in [-0.2, 0) is 11.4 Å². The maximum atomic E-state index is 12.6. The van der Waals surface area contributed by atoms with Gasteiger partial charge < -0.3 is 10.1 Å². The maximum absolute atomic E-state index is 12.6. The van der Waals surface area contributed by atoms with Gasteiger partial charge in [0.15, 0.2) is 11.0 Å². The van der Waals surface area contributed by atoms with Crippen molar-refractivity contribution in [3.05, 3.63) is 94.8 Å². The van der Waals surface area contributed by atoms with Gasteiger partial charge in [-0.15, -0.1) is 10.2 Å². The van der Waals surface area contributed by atoms with Gasteiger partial charge >= 0.3 is 0 Å². The molecule has 8 heteroatoms. The highest BCUT2D eigenvalue weighted by Crippen LogP contribution is 2.24. The number of nitrogens with one attached hydrogen (secondary N) is 1. The van der Waals surface area contributed by atoms with Gasteiger partial charge in [0.25, 0.3) is 0 Å². The summed E-state index contributed by atoms with van der Waals surface area (Å²) in [6.07, 6.45) is 0. The quantitative estimate of drug-likeness (QED) is 0.322. The number of carbonyl (C=O) groups excluding carboxylic acids is 1. The Balaban J connectivity index is 1.49. The molecule has 0 bridgehead atoms. The lowest BCUT2D eigenvalue weighted by Gasteiger charge is -2.12. The number of ether oxygens (including phenoxy) is 1. The number of para-hydroxylation sites is 1. The van der Waals surface area contributed by atoms with Crippen LogP contribution in [0.15, 0.2) is 78.0 Å². The molecule has 0 aliphatic carbocycles. The number of benzene rings is 3. The zero-order valence-corrected chi connectivity index (χ0v) is 19.9. The summed E-state index contributed by atoms with van der Waals surface area (Å²) in [5.74, 6) is 1.42. The van der Waals surface area contributed by atoms with Crippen molar-refractivity contribution in [2.45, 2.75) is 25.6 Å². The number of halogens is 1. The van der Waals surface area contributed by atoms with Crippen LogP contribution in [-0.4, -0.2) is 26.4 Å². The van der Waals surface area contributed by atoms with Crippen molar-refractivity contribution in [1.29, 1.82) is 0 Å². The minimum atomic E-state index is -0.102. The van der Waals surface area contributed by atoms with Crippen LogP contribution in [0.1, 0.15) is 17.0 Å². The van der Waals surface area contributed by atoms with E-state index in [2.05, 4.69) is 15.5 Å². The summed E-state index contributed by atoms with van der Waals surface area (Å²) in [4.78, 5) is 12.6. The number of carbonyl (C=O) groups is 1. The van der Waals surface area contributed by atoms with Crippen molar-refractivity contribution in [2.75, 3.05) is 11.1 Å². The van der Waals surface area contributed by atoms with Gasteiger partial charge in [0.2, 0.25) is 5.91 Å². The number of aryl methyl sites for hydroxylation is 1. The Kier molecular flexibility index (Phi) is 7.32. The fourth-order valence-electron chi connectivity index (χ4n) is 3.21. The lowest BCUT2D eigenvalue weighted by atomic mass is 10.1. The van der Waals surface area contributed by atoms with Gasteiger partial charge in [-0.1, -0.05) is 53.7 Å². The Morgan fingerprint density at radius 2 is 1.76 bits per heavy atom. The third-order valence-corrected chi connectivity index (χ3v) is 6.29. The van der Waals surface area contributed by atoms with E-state index in [1.165, 1.54) is 11.8 Å². The molecule has 6 nitrogen and oxygen atoms in total. The summed E-state index contributed by atoms with van der Waals surface area (Å²) in [5, 5.41) is 12.9. The Morgan fingerprint density at radius 3 is 2.52 bits per heavy atom. The number of anilines is 1. The van der Waals surface area contributed by atoms with E-state index in [0.29, 0.717) is 21.8 Å². The fourth-order valence-corrected chi connectivity index (χ4v) is 4.10. The molecular formula is C25H23ClN4O2S. The molecule has 4 rings (SSSR count). The van der Waals surface area contributed by atoms with Crippen LogP contribution in [0.4, 0.5) is 5.69 Å². The summed E-state index contributed by atoms with van der Waals surface area (Å²) in [6.45, 7) is 4.24. The van der Waals surface area contributed by atoms with Crippen LogP contribution in [0.5, 0.6) is 5.75 Å². The molecule has 4 aromatic rings. The molecule has 1 N–H and O–H groups in total. The second-order valence-electron chi connectivity index (χ2n) is 7.40. The van der Waals surface area contributed by atoms with Gasteiger partial charge in [-0.25, -0.2) is 0 Å². The molecule has 0 aliphatic heterocycles. The summed E-state index contributed by atoms with van der Waals surface area (Å²) < 4.78 is 7.79. The molecule has 0 saturated carbocycles. The lowest BCUT2D eigenvalue weighted by Crippen LogP contribution is -2.15. The third-order valence-electron chi connectivity index (χ3n) is 5.11. The molecule has 1 amide bonds. The van der Waals surface area contributed by atoms with E-state index in [0.717, 1.165) is 22.5 Å². The molecule has 0 radical (unpaired) electrons. The van der Waals surface area contributed by atoms with Gasteiger partial charge in [-0.05, 0) is 67.4 Å². The minimum absolute atomic E-state index is 0.102. The van der Waals surface area contributed by atoms with Gasteiger partial charge in [0, 0.05) is 16.4 Å². The second kappa shape index (κ2) is 10.6. The van der Waals surface area contributed by atoms with Crippen molar-refractivity contribution in [3.8, 4) is 11.4 Å². The standard InChI is InChI=1S/C25H23ClN4O2S/c1-17-7-6-10-22(18(17)2)27-24(31)16-33-25-29-28-23(30(25)20-8-4-3-5-9-20)15-32-21-13-11-19(26)12-14-21/h3-14H,15-16H2,1-2H3,(H,27,31). The lowest BCUT2D eigenvalue weighted by molar-refractivity contribution is -0.113. The fraction of sp³-hybridized carbons (Fsp3) is 0.160. The first kappa shape index (κ1) is 22.9. The van der Waals surface area contributed by atoms with E-state index in [4.69, 9.17) is 16.3 Å². The first-order valence-electron chi connectivity index (χ1n) is 10.4. The number of amides is 1. The number of nitrogens with zero attached hydrogens (tertiary/aromatic N) is 3. The van der Waals surface area contributed by atoms with Crippen LogP contribution in [0.25, 0.3) is 5.69 Å². The molecule has 3 aromatic carbocycles. The summed E-state index contributed by atoms with van der Waals surface area (Å²) in [7, 11) is 0. The second-order valence-corrected chi connectivity index (χ2v) is 8.78. The molecule has 0 fully saturated rings. The van der Waals surface area contributed by atoms with E-state index in [9.17, 15) is 4.79 Å². The van der Waals surface area contributed by atoms with Crippen LogP contribution < -0.4 is 10.1 Å². The highest BCUT2D eigenvalue weighted by atomic mass is 35.5. The van der Waals surface area contributed by atoms with E-state index in [1.807, 2.05) is 66.9 Å². The molecule has 33 heavy (non-hydrogen) atoms. The Hall–Kier alpha value is -3.29. The average Bonchev–Trinajstić information content (AvgIpc) is 3.24. The smallest absolute Gasteiger partial charge is 0.234 e. The van der Waals surface area contributed by atoms with Crippen LogP contribution in [0, 0.1) is 13.8 Å². The average molecular weight is 479 g/mol. The maximum Gasteiger partial charge on any atom is 0.234 e.